The first-order valence-corrected chi connectivity index (χ1v) is 13.9. The zero-order chi connectivity index (χ0) is 30.6. The lowest BCUT2D eigenvalue weighted by Gasteiger charge is -2.22. The minimum atomic E-state index is -0.802. The summed E-state index contributed by atoms with van der Waals surface area (Å²) in [6.07, 6.45) is 4.46. The molecule has 0 aliphatic heterocycles. The van der Waals surface area contributed by atoms with Gasteiger partial charge in [-0.05, 0) is 24.0 Å². The zero-order valence-electron chi connectivity index (χ0n) is 24.2. The van der Waals surface area contributed by atoms with Crippen LogP contribution in [0.1, 0.15) is 24.5 Å². The maximum Gasteiger partial charge on any atom is 0.246 e. The fraction of sp³-hybridized carbons (Fsp3) is 0.375. The molecule has 2 rings (SSSR count). The van der Waals surface area contributed by atoms with Crippen molar-refractivity contribution in [2.45, 2.75) is 44.3 Å². The van der Waals surface area contributed by atoms with E-state index in [1.165, 1.54) is 6.92 Å². The fourth-order valence-electron chi connectivity index (χ4n) is 4.04. The van der Waals surface area contributed by atoms with Gasteiger partial charge in [-0.3, -0.25) is 19.2 Å². The highest BCUT2D eigenvalue weighted by Gasteiger charge is 2.23. The summed E-state index contributed by atoms with van der Waals surface area (Å²) in [4.78, 5) is 49.2. The average molecular weight is 579 g/mol. The number of carbonyl (C=O) groups excluding carboxylic acids is 4. The summed E-state index contributed by atoms with van der Waals surface area (Å²) in [7, 11) is 0. The van der Waals surface area contributed by atoms with Crippen molar-refractivity contribution >= 4 is 23.6 Å². The summed E-state index contributed by atoms with van der Waals surface area (Å²) >= 11 is 0. The van der Waals surface area contributed by atoms with Crippen LogP contribution in [0.2, 0.25) is 0 Å². The average Bonchev–Trinajstić information content (AvgIpc) is 2.98. The zero-order valence-corrected chi connectivity index (χ0v) is 24.2. The molecule has 0 spiro atoms. The van der Waals surface area contributed by atoms with Crippen molar-refractivity contribution in [3.8, 4) is 0 Å². The molecule has 0 heterocycles. The van der Waals surface area contributed by atoms with Crippen LogP contribution in [0.5, 0.6) is 0 Å². The molecule has 0 bridgehead atoms. The van der Waals surface area contributed by atoms with E-state index in [0.717, 1.165) is 11.1 Å². The minimum Gasteiger partial charge on any atom is -0.377 e. The molecule has 4 N–H and O–H groups in total. The quantitative estimate of drug-likeness (QED) is 0.140. The van der Waals surface area contributed by atoms with Gasteiger partial charge in [-0.1, -0.05) is 72.8 Å². The molecule has 0 aliphatic carbocycles. The van der Waals surface area contributed by atoms with Crippen molar-refractivity contribution in [1.29, 1.82) is 0 Å². The Morgan fingerprint density at radius 2 is 1.38 bits per heavy atom. The van der Waals surface area contributed by atoms with Crippen LogP contribution in [0.4, 0.5) is 0 Å². The number of nitrogens with one attached hydrogen (secondary N) is 4. The standard InChI is InChI=1S/C32H42N4O6/c1-4-12-28(34-24(3)37)31(39)33-17-18-41-19-20-42-23-30(38)36-29(22-26-15-10-7-11-16-26)32(40)35-27(5-2)21-25-13-8-6-9-14-25/h4-11,13-16,27-29H,1-2,12,17-23H2,3H3,(H,33,39)(H,34,37)(H,35,40)(H,36,38)/t27-,28+,29+/m1/s1. The van der Waals surface area contributed by atoms with Gasteiger partial charge in [0.2, 0.25) is 23.6 Å². The van der Waals surface area contributed by atoms with E-state index in [9.17, 15) is 19.2 Å². The molecule has 0 saturated heterocycles. The molecule has 0 radical (unpaired) electrons. The van der Waals surface area contributed by atoms with Gasteiger partial charge < -0.3 is 30.7 Å². The molecule has 226 valence electrons. The van der Waals surface area contributed by atoms with E-state index in [0.29, 0.717) is 19.3 Å². The van der Waals surface area contributed by atoms with Crippen LogP contribution in [0, 0.1) is 0 Å². The van der Waals surface area contributed by atoms with E-state index in [4.69, 9.17) is 9.47 Å². The van der Waals surface area contributed by atoms with Gasteiger partial charge in [0.05, 0.1) is 25.9 Å². The molecule has 4 amide bonds. The van der Waals surface area contributed by atoms with Gasteiger partial charge in [0.25, 0.3) is 0 Å². The van der Waals surface area contributed by atoms with E-state index in [-0.39, 0.29) is 56.7 Å². The molecular formula is C32H42N4O6. The van der Waals surface area contributed by atoms with Crippen LogP contribution in [-0.2, 0) is 41.5 Å². The van der Waals surface area contributed by atoms with Crippen molar-refractivity contribution in [1.82, 2.24) is 21.3 Å². The third kappa shape index (κ3) is 13.9. The lowest BCUT2D eigenvalue weighted by Crippen LogP contribution is -2.51. The van der Waals surface area contributed by atoms with Crippen LogP contribution < -0.4 is 21.3 Å². The smallest absolute Gasteiger partial charge is 0.246 e. The van der Waals surface area contributed by atoms with Gasteiger partial charge in [0.15, 0.2) is 0 Å². The minimum absolute atomic E-state index is 0.150. The number of amides is 4. The molecule has 0 unspecified atom stereocenters. The summed E-state index contributed by atoms with van der Waals surface area (Å²) in [5.41, 5.74) is 1.97. The van der Waals surface area contributed by atoms with Crippen molar-refractivity contribution in [3.05, 3.63) is 97.1 Å². The van der Waals surface area contributed by atoms with E-state index in [2.05, 4.69) is 34.4 Å². The lowest BCUT2D eigenvalue weighted by molar-refractivity contribution is -0.132. The molecule has 0 fully saturated rings. The number of benzene rings is 2. The molecule has 10 heteroatoms. The fourth-order valence-corrected chi connectivity index (χ4v) is 4.04. The van der Waals surface area contributed by atoms with Crippen LogP contribution in [-0.4, -0.2) is 74.7 Å². The number of ether oxygens (including phenoxy) is 2. The normalized spacial score (nSPS) is 12.7. The topological polar surface area (TPSA) is 135 Å². The van der Waals surface area contributed by atoms with Gasteiger partial charge in [0.1, 0.15) is 18.7 Å². The predicted molar refractivity (Wildman–Crippen MR) is 161 cm³/mol. The Labute approximate surface area is 247 Å². The van der Waals surface area contributed by atoms with E-state index in [1.54, 1.807) is 12.2 Å². The molecule has 42 heavy (non-hydrogen) atoms. The molecule has 2 aromatic rings. The largest absolute Gasteiger partial charge is 0.377 e. The Morgan fingerprint density at radius 1 is 0.762 bits per heavy atom. The molecule has 10 nitrogen and oxygen atoms in total. The highest BCUT2D eigenvalue weighted by atomic mass is 16.5. The molecule has 0 aliphatic rings. The third-order valence-electron chi connectivity index (χ3n) is 6.09. The van der Waals surface area contributed by atoms with Gasteiger partial charge in [-0.15, -0.1) is 13.2 Å². The Bertz CT molecular complexity index is 1140. The Kier molecular flexibility index (Phi) is 15.9. The molecule has 0 aromatic heterocycles. The van der Waals surface area contributed by atoms with Crippen LogP contribution >= 0.6 is 0 Å². The second-order valence-electron chi connectivity index (χ2n) is 9.58. The number of hydrogen-bond acceptors (Lipinski definition) is 6. The second-order valence-corrected chi connectivity index (χ2v) is 9.58. The van der Waals surface area contributed by atoms with E-state index in [1.807, 2.05) is 60.7 Å². The molecule has 0 saturated carbocycles. The summed E-state index contributed by atoms with van der Waals surface area (Å²) in [6.45, 7) is 9.38. The van der Waals surface area contributed by atoms with Crippen molar-refractivity contribution in [2.75, 3.05) is 33.0 Å². The van der Waals surface area contributed by atoms with Crippen LogP contribution in [0.25, 0.3) is 0 Å². The van der Waals surface area contributed by atoms with E-state index >= 15 is 0 Å². The maximum atomic E-state index is 13.2. The Hall–Kier alpha value is -4.28. The first-order valence-electron chi connectivity index (χ1n) is 13.9. The SMILES string of the molecule is C=CC[C@H](NC(C)=O)C(=O)NCCOCCOCC(=O)N[C@@H](Cc1ccccc1)C(=O)N[C@H](C=C)Cc1ccccc1. The summed E-state index contributed by atoms with van der Waals surface area (Å²) < 4.78 is 10.9. The van der Waals surface area contributed by atoms with Crippen molar-refractivity contribution in [3.63, 3.8) is 0 Å². The Balaban J connectivity index is 1.76. The Morgan fingerprint density at radius 3 is 1.98 bits per heavy atom. The van der Waals surface area contributed by atoms with Crippen LogP contribution in [0.3, 0.4) is 0 Å². The van der Waals surface area contributed by atoms with E-state index < -0.39 is 18.0 Å². The number of rotatable bonds is 20. The second kappa shape index (κ2) is 19.7. The van der Waals surface area contributed by atoms with Gasteiger partial charge in [-0.25, -0.2) is 0 Å². The van der Waals surface area contributed by atoms with Gasteiger partial charge >= 0.3 is 0 Å². The van der Waals surface area contributed by atoms with Crippen LogP contribution in [0.15, 0.2) is 86.0 Å². The van der Waals surface area contributed by atoms with Crippen molar-refractivity contribution < 1.29 is 28.7 Å². The molecular weight excluding hydrogens is 536 g/mol. The number of hydrogen-bond donors (Lipinski definition) is 4. The predicted octanol–water partition coefficient (Wildman–Crippen LogP) is 1.86. The molecule has 2 aromatic carbocycles. The first kappa shape index (κ1) is 33.9. The summed E-state index contributed by atoms with van der Waals surface area (Å²) in [5, 5.41) is 11.0. The third-order valence-corrected chi connectivity index (χ3v) is 6.09. The maximum absolute atomic E-state index is 13.2. The highest BCUT2D eigenvalue weighted by molar-refractivity contribution is 5.88. The lowest BCUT2D eigenvalue weighted by atomic mass is 10.0. The first-order chi connectivity index (χ1) is 20.3. The monoisotopic (exact) mass is 578 g/mol. The number of carbonyl (C=O) groups is 4. The highest BCUT2D eigenvalue weighted by Crippen LogP contribution is 2.07. The summed E-state index contributed by atoms with van der Waals surface area (Å²) in [6, 6.07) is 17.4. The van der Waals surface area contributed by atoms with Gasteiger partial charge in [0, 0.05) is 19.9 Å². The molecule has 3 atom stereocenters. The van der Waals surface area contributed by atoms with Crippen molar-refractivity contribution in [2.24, 2.45) is 0 Å². The van der Waals surface area contributed by atoms with Gasteiger partial charge in [-0.2, -0.15) is 0 Å². The summed E-state index contributed by atoms with van der Waals surface area (Å²) in [5.74, 6) is -1.37.